The van der Waals surface area contributed by atoms with Crippen molar-refractivity contribution in [3.8, 4) is 5.75 Å². The van der Waals surface area contributed by atoms with Gasteiger partial charge in [-0.15, -0.1) is 0 Å². The Labute approximate surface area is 95.8 Å². The summed E-state index contributed by atoms with van der Waals surface area (Å²) in [5.74, 6) is 0.887. The van der Waals surface area contributed by atoms with Crippen LogP contribution in [0.5, 0.6) is 5.75 Å². The van der Waals surface area contributed by atoms with Gasteiger partial charge >= 0.3 is 0 Å². The molecular formula is C13H18N2O. The van der Waals surface area contributed by atoms with Crippen LogP contribution in [0, 0.1) is 6.92 Å². The maximum Gasteiger partial charge on any atom is 0.119 e. The highest BCUT2D eigenvalue weighted by molar-refractivity contribution is 5.86. The van der Waals surface area contributed by atoms with E-state index in [0.717, 1.165) is 5.75 Å². The Balaban J connectivity index is 2.77. The van der Waals surface area contributed by atoms with Gasteiger partial charge in [0, 0.05) is 29.7 Å². The largest absolute Gasteiger partial charge is 0.497 e. The third-order valence-corrected chi connectivity index (χ3v) is 3.15. The molecule has 2 aromatic rings. The number of nitrogens with zero attached hydrogens (tertiary/aromatic N) is 1. The second-order valence-corrected chi connectivity index (χ2v) is 4.24. The van der Waals surface area contributed by atoms with Crippen molar-refractivity contribution in [3.05, 3.63) is 29.5 Å². The van der Waals surface area contributed by atoms with Crippen LogP contribution in [0.1, 0.15) is 24.2 Å². The van der Waals surface area contributed by atoms with Crippen LogP contribution in [0.3, 0.4) is 0 Å². The molecule has 1 heterocycles. The molecule has 2 N–H and O–H groups in total. The molecule has 3 heteroatoms. The number of ether oxygens (including phenoxy) is 1. The summed E-state index contributed by atoms with van der Waals surface area (Å²) < 4.78 is 7.41. The van der Waals surface area contributed by atoms with Crippen LogP contribution in [-0.2, 0) is 7.05 Å². The predicted octanol–water partition coefficient (Wildman–Crippen LogP) is 2.52. The molecule has 1 atom stereocenters. The smallest absolute Gasteiger partial charge is 0.119 e. The fourth-order valence-electron chi connectivity index (χ4n) is 2.40. The average Bonchev–Trinajstić information content (AvgIpc) is 2.51. The molecule has 0 amide bonds. The van der Waals surface area contributed by atoms with Crippen molar-refractivity contribution in [2.24, 2.45) is 12.8 Å². The number of rotatable bonds is 2. The van der Waals surface area contributed by atoms with Crippen molar-refractivity contribution in [1.82, 2.24) is 4.57 Å². The lowest BCUT2D eigenvalue weighted by atomic mass is 10.1. The lowest BCUT2D eigenvalue weighted by molar-refractivity contribution is 0.415. The van der Waals surface area contributed by atoms with Gasteiger partial charge < -0.3 is 15.0 Å². The summed E-state index contributed by atoms with van der Waals surface area (Å²) in [6, 6.07) is 6.17. The van der Waals surface area contributed by atoms with Crippen LogP contribution in [0.15, 0.2) is 18.2 Å². The molecule has 0 spiro atoms. The van der Waals surface area contributed by atoms with Crippen LogP contribution < -0.4 is 10.5 Å². The van der Waals surface area contributed by atoms with E-state index in [2.05, 4.69) is 30.7 Å². The fourth-order valence-corrected chi connectivity index (χ4v) is 2.40. The Morgan fingerprint density at radius 1 is 1.38 bits per heavy atom. The average molecular weight is 218 g/mol. The van der Waals surface area contributed by atoms with Crippen molar-refractivity contribution >= 4 is 10.9 Å². The Kier molecular flexibility index (Phi) is 2.64. The van der Waals surface area contributed by atoms with Crippen molar-refractivity contribution in [2.45, 2.75) is 19.9 Å². The first kappa shape index (κ1) is 11.0. The van der Waals surface area contributed by atoms with E-state index in [4.69, 9.17) is 10.5 Å². The maximum atomic E-state index is 6.00. The molecule has 0 saturated carbocycles. The zero-order valence-corrected chi connectivity index (χ0v) is 10.2. The number of benzene rings is 1. The lowest BCUT2D eigenvalue weighted by Crippen LogP contribution is -2.11. The number of aromatic nitrogens is 1. The molecule has 16 heavy (non-hydrogen) atoms. The molecule has 1 unspecified atom stereocenters. The van der Waals surface area contributed by atoms with Crippen molar-refractivity contribution in [3.63, 3.8) is 0 Å². The molecule has 3 nitrogen and oxygen atoms in total. The first-order valence-electron chi connectivity index (χ1n) is 5.44. The van der Waals surface area contributed by atoms with Gasteiger partial charge in [0.2, 0.25) is 0 Å². The Hall–Kier alpha value is -1.48. The SMILES string of the molecule is COc1ccc2c(c1)c(C)c(C(C)N)n2C. The number of hydrogen-bond donors (Lipinski definition) is 1. The molecule has 2 rings (SSSR count). The molecule has 0 aliphatic heterocycles. The molecular weight excluding hydrogens is 200 g/mol. The molecule has 0 radical (unpaired) electrons. The first-order chi connectivity index (χ1) is 7.56. The molecule has 0 aliphatic carbocycles. The highest BCUT2D eigenvalue weighted by Crippen LogP contribution is 2.30. The van der Waals surface area contributed by atoms with E-state index in [1.807, 2.05) is 13.0 Å². The van der Waals surface area contributed by atoms with Crippen molar-refractivity contribution < 1.29 is 4.74 Å². The van der Waals surface area contributed by atoms with Crippen LogP contribution in [-0.4, -0.2) is 11.7 Å². The van der Waals surface area contributed by atoms with Gasteiger partial charge in [-0.05, 0) is 37.6 Å². The highest BCUT2D eigenvalue weighted by Gasteiger charge is 2.14. The van der Waals surface area contributed by atoms with E-state index in [1.165, 1.54) is 22.2 Å². The summed E-state index contributed by atoms with van der Waals surface area (Å²) in [6.45, 7) is 4.12. The van der Waals surface area contributed by atoms with E-state index in [-0.39, 0.29) is 6.04 Å². The van der Waals surface area contributed by atoms with Crippen LogP contribution in [0.25, 0.3) is 10.9 Å². The van der Waals surface area contributed by atoms with E-state index in [0.29, 0.717) is 0 Å². The summed E-state index contributed by atoms with van der Waals surface area (Å²) in [4.78, 5) is 0. The van der Waals surface area contributed by atoms with Crippen molar-refractivity contribution in [1.29, 1.82) is 0 Å². The summed E-state index contributed by atoms with van der Waals surface area (Å²) in [5.41, 5.74) is 9.62. The zero-order chi connectivity index (χ0) is 11.9. The predicted molar refractivity (Wildman–Crippen MR) is 66.8 cm³/mol. The lowest BCUT2D eigenvalue weighted by Gasteiger charge is -2.08. The Morgan fingerprint density at radius 3 is 2.62 bits per heavy atom. The number of hydrogen-bond acceptors (Lipinski definition) is 2. The van der Waals surface area contributed by atoms with Crippen LogP contribution >= 0.6 is 0 Å². The fraction of sp³-hybridized carbons (Fsp3) is 0.385. The van der Waals surface area contributed by atoms with Gasteiger partial charge in [-0.1, -0.05) is 0 Å². The third kappa shape index (κ3) is 1.48. The Bertz CT molecular complexity index is 526. The minimum absolute atomic E-state index is 0.0448. The third-order valence-electron chi connectivity index (χ3n) is 3.15. The van der Waals surface area contributed by atoms with Crippen LogP contribution in [0.2, 0.25) is 0 Å². The van der Waals surface area contributed by atoms with E-state index < -0.39 is 0 Å². The molecule has 0 bridgehead atoms. The molecule has 1 aromatic heterocycles. The summed E-state index contributed by atoms with van der Waals surface area (Å²) in [6.07, 6.45) is 0. The normalized spacial score (nSPS) is 13.1. The number of fused-ring (bicyclic) bond motifs is 1. The molecule has 0 aliphatic rings. The zero-order valence-electron chi connectivity index (χ0n) is 10.2. The van der Waals surface area contributed by atoms with Crippen LogP contribution in [0.4, 0.5) is 0 Å². The van der Waals surface area contributed by atoms with Gasteiger partial charge in [0.15, 0.2) is 0 Å². The first-order valence-corrected chi connectivity index (χ1v) is 5.44. The number of aryl methyl sites for hydroxylation is 2. The van der Waals surface area contributed by atoms with Gasteiger partial charge in [-0.25, -0.2) is 0 Å². The van der Waals surface area contributed by atoms with Gasteiger partial charge in [-0.3, -0.25) is 0 Å². The van der Waals surface area contributed by atoms with Gasteiger partial charge in [0.05, 0.1) is 7.11 Å². The summed E-state index contributed by atoms with van der Waals surface area (Å²) >= 11 is 0. The minimum atomic E-state index is 0.0448. The number of nitrogens with two attached hydrogens (primary N) is 1. The number of methoxy groups -OCH3 is 1. The second-order valence-electron chi connectivity index (χ2n) is 4.24. The topological polar surface area (TPSA) is 40.2 Å². The van der Waals surface area contributed by atoms with E-state index >= 15 is 0 Å². The van der Waals surface area contributed by atoms with Gasteiger partial charge in [0.25, 0.3) is 0 Å². The monoisotopic (exact) mass is 218 g/mol. The summed E-state index contributed by atoms with van der Waals surface area (Å²) in [7, 11) is 3.74. The summed E-state index contributed by atoms with van der Waals surface area (Å²) in [5, 5.41) is 1.22. The second kappa shape index (κ2) is 3.83. The highest BCUT2D eigenvalue weighted by atomic mass is 16.5. The standard InChI is InChI=1S/C13H18N2O/c1-8-11-7-10(16-4)5-6-12(11)15(3)13(8)9(2)14/h5-7,9H,14H2,1-4H3. The molecule has 86 valence electrons. The van der Waals surface area contributed by atoms with Crippen molar-refractivity contribution in [2.75, 3.05) is 7.11 Å². The minimum Gasteiger partial charge on any atom is -0.497 e. The van der Waals surface area contributed by atoms with E-state index in [1.54, 1.807) is 7.11 Å². The molecule has 1 aromatic carbocycles. The quantitative estimate of drug-likeness (QED) is 0.841. The van der Waals surface area contributed by atoms with Gasteiger partial charge in [-0.2, -0.15) is 0 Å². The maximum absolute atomic E-state index is 6.00. The van der Waals surface area contributed by atoms with E-state index in [9.17, 15) is 0 Å². The van der Waals surface area contributed by atoms with Gasteiger partial charge in [0.1, 0.15) is 5.75 Å². The Morgan fingerprint density at radius 2 is 2.06 bits per heavy atom. The molecule has 0 saturated heterocycles. The molecule has 0 fully saturated rings.